The molecule has 0 radical (unpaired) electrons. The van der Waals surface area contributed by atoms with Gasteiger partial charge in [-0.05, 0) is 63.6 Å². The molecule has 1 aromatic heterocycles. The van der Waals surface area contributed by atoms with Gasteiger partial charge < -0.3 is 23.5 Å². The van der Waals surface area contributed by atoms with E-state index in [4.69, 9.17) is 18.6 Å². The Morgan fingerprint density at radius 3 is 2.48 bits per heavy atom. The Bertz CT molecular complexity index is 1480. The van der Waals surface area contributed by atoms with E-state index in [-0.39, 0.29) is 31.4 Å². The van der Waals surface area contributed by atoms with E-state index in [2.05, 4.69) is 6.07 Å². The van der Waals surface area contributed by atoms with Gasteiger partial charge in [-0.25, -0.2) is 4.79 Å². The maximum absolute atomic E-state index is 13.0. The quantitative estimate of drug-likeness (QED) is 0.343. The summed E-state index contributed by atoms with van der Waals surface area (Å²) in [4.78, 5) is 41.6. The van der Waals surface area contributed by atoms with Gasteiger partial charge in [0, 0.05) is 37.7 Å². The zero-order valence-corrected chi connectivity index (χ0v) is 24.9. The van der Waals surface area contributed by atoms with Gasteiger partial charge in [0.05, 0.1) is 37.0 Å². The van der Waals surface area contributed by atoms with Crippen molar-refractivity contribution in [2.75, 3.05) is 27.2 Å². The number of likely N-dealkylation sites (N-methyl/N-ethyl adjacent to an activating group) is 1. The number of furan rings is 1. The van der Waals surface area contributed by atoms with E-state index in [1.54, 1.807) is 84.5 Å². The molecule has 10 nitrogen and oxygen atoms in total. The minimum Gasteiger partial charge on any atom is -0.488 e. The lowest BCUT2D eigenvalue weighted by atomic mass is 9.93. The fraction of sp³-hybridized carbons (Fsp3) is 0.438. The lowest BCUT2D eigenvalue weighted by molar-refractivity contribution is -0.145. The molecule has 1 unspecified atom stereocenters. The highest BCUT2D eigenvalue weighted by atomic mass is 16.6. The Kier molecular flexibility index (Phi) is 9.10. The Morgan fingerprint density at radius 1 is 1.14 bits per heavy atom. The second-order valence-corrected chi connectivity index (χ2v) is 11.5. The van der Waals surface area contributed by atoms with Gasteiger partial charge in [-0.3, -0.25) is 14.5 Å². The number of fused-ring (bicyclic) bond motifs is 1. The van der Waals surface area contributed by atoms with Crippen molar-refractivity contribution in [1.82, 2.24) is 9.80 Å². The number of hydrogen-bond acceptors (Lipinski definition) is 8. The fourth-order valence-corrected chi connectivity index (χ4v) is 5.01. The number of carbonyl (C=O) groups excluding carboxylic acids is 3. The van der Waals surface area contributed by atoms with Gasteiger partial charge >= 0.3 is 12.1 Å². The van der Waals surface area contributed by atoms with Crippen LogP contribution >= 0.6 is 0 Å². The third-order valence-electron chi connectivity index (χ3n) is 6.97. The molecule has 0 saturated carbocycles. The number of hydrogen-bond donors (Lipinski definition) is 0. The zero-order valence-electron chi connectivity index (χ0n) is 24.9. The summed E-state index contributed by atoms with van der Waals surface area (Å²) in [5, 5.41) is 10.8. The third kappa shape index (κ3) is 7.03. The van der Waals surface area contributed by atoms with Crippen LogP contribution in [0.5, 0.6) is 5.75 Å². The number of ether oxygens (including phenoxy) is 3. The number of amides is 2. The van der Waals surface area contributed by atoms with Crippen LogP contribution in [0.3, 0.4) is 0 Å². The smallest absolute Gasteiger partial charge is 0.411 e. The zero-order chi connectivity index (χ0) is 30.6. The highest BCUT2D eigenvalue weighted by Gasteiger charge is 2.43. The number of rotatable bonds is 8. The minimum atomic E-state index is -0.700. The number of nitrogens with zero attached hydrogens (tertiary/aromatic N) is 3. The van der Waals surface area contributed by atoms with E-state index in [1.807, 2.05) is 6.07 Å². The Balaban J connectivity index is 1.51. The second kappa shape index (κ2) is 12.6. The first kappa shape index (κ1) is 30.4. The van der Waals surface area contributed by atoms with Crippen LogP contribution in [0, 0.1) is 11.3 Å². The molecule has 0 aliphatic carbocycles. The molecule has 0 N–H and O–H groups in total. The average molecular weight is 576 g/mol. The molecular weight excluding hydrogens is 538 g/mol. The number of benzene rings is 2. The van der Waals surface area contributed by atoms with E-state index in [9.17, 15) is 19.6 Å². The van der Waals surface area contributed by atoms with Gasteiger partial charge in [-0.1, -0.05) is 12.1 Å². The van der Waals surface area contributed by atoms with Gasteiger partial charge in [0.1, 0.15) is 29.3 Å². The Morgan fingerprint density at radius 2 is 1.86 bits per heavy atom. The lowest BCUT2D eigenvalue weighted by Gasteiger charge is -2.28. The summed E-state index contributed by atoms with van der Waals surface area (Å²) in [6, 6.07) is 13.8. The molecule has 2 heterocycles. The van der Waals surface area contributed by atoms with Crippen molar-refractivity contribution in [3.8, 4) is 11.8 Å². The molecule has 3 aromatic rings. The molecule has 222 valence electrons. The van der Waals surface area contributed by atoms with E-state index >= 15 is 0 Å². The van der Waals surface area contributed by atoms with Crippen LogP contribution in [0.25, 0.3) is 10.8 Å². The molecule has 10 heteroatoms. The van der Waals surface area contributed by atoms with Gasteiger partial charge in [0.15, 0.2) is 0 Å². The fourth-order valence-electron chi connectivity index (χ4n) is 5.01. The number of likely N-dealkylation sites (tertiary alicyclic amines) is 1. The molecule has 2 amide bonds. The van der Waals surface area contributed by atoms with Gasteiger partial charge in [-0.2, -0.15) is 5.26 Å². The van der Waals surface area contributed by atoms with Crippen molar-refractivity contribution in [3.63, 3.8) is 0 Å². The van der Waals surface area contributed by atoms with Crippen LogP contribution < -0.4 is 4.74 Å². The summed E-state index contributed by atoms with van der Waals surface area (Å²) in [6.07, 6.45) is 1.20. The first-order valence-electron chi connectivity index (χ1n) is 13.9. The summed E-state index contributed by atoms with van der Waals surface area (Å²) >= 11 is 0. The first-order chi connectivity index (χ1) is 19.9. The van der Waals surface area contributed by atoms with Crippen molar-refractivity contribution < 1.29 is 33.0 Å². The highest BCUT2D eigenvalue weighted by molar-refractivity contribution is 5.87. The Labute approximate surface area is 245 Å². The predicted octanol–water partition coefficient (Wildman–Crippen LogP) is 5.04. The molecule has 0 bridgehead atoms. The van der Waals surface area contributed by atoms with Gasteiger partial charge in [-0.15, -0.1) is 0 Å². The molecule has 3 atom stereocenters. The van der Waals surface area contributed by atoms with Crippen LogP contribution in [-0.2, 0) is 25.5 Å². The largest absolute Gasteiger partial charge is 0.488 e. The molecule has 1 saturated heterocycles. The molecule has 42 heavy (non-hydrogen) atoms. The normalized spacial score (nSPS) is 17.4. The SMILES string of the molecule is CCOC(=O)C(Cc1occ2cc(C#N)ccc12)c1ccc(O[C@H]2C[C@@H](C(=O)N(C)C)N(C(=O)OC(C)(C)C)C2)cc1. The maximum Gasteiger partial charge on any atom is 0.411 e. The van der Waals surface area contributed by atoms with Gasteiger partial charge in [0.2, 0.25) is 5.91 Å². The van der Waals surface area contributed by atoms with E-state index < -0.39 is 29.8 Å². The van der Waals surface area contributed by atoms with Crippen molar-refractivity contribution in [2.24, 2.45) is 0 Å². The summed E-state index contributed by atoms with van der Waals surface area (Å²) in [5.74, 6) is -0.0362. The monoisotopic (exact) mass is 575 g/mol. The number of carbonyl (C=O) groups is 3. The predicted molar refractivity (Wildman–Crippen MR) is 155 cm³/mol. The van der Waals surface area contributed by atoms with E-state index in [1.165, 1.54) is 9.80 Å². The average Bonchev–Trinajstić information content (AvgIpc) is 3.54. The third-order valence-corrected chi connectivity index (χ3v) is 6.97. The lowest BCUT2D eigenvalue weighted by Crippen LogP contribution is -2.47. The molecule has 2 aromatic carbocycles. The van der Waals surface area contributed by atoms with Crippen LogP contribution in [0.2, 0.25) is 0 Å². The minimum absolute atomic E-state index is 0.200. The maximum atomic E-state index is 13.0. The topological polar surface area (TPSA) is 122 Å². The van der Waals surface area contributed by atoms with Crippen LogP contribution in [0.1, 0.15) is 56.9 Å². The molecular formula is C32H37N3O7. The molecule has 1 aliphatic heterocycles. The molecule has 0 spiro atoms. The van der Waals surface area contributed by atoms with Crippen molar-refractivity contribution in [1.29, 1.82) is 5.26 Å². The highest BCUT2D eigenvalue weighted by Crippen LogP contribution is 2.31. The van der Waals surface area contributed by atoms with Crippen LogP contribution in [-0.4, -0.2) is 72.8 Å². The van der Waals surface area contributed by atoms with Gasteiger partial charge in [0.25, 0.3) is 0 Å². The molecule has 1 fully saturated rings. The summed E-state index contributed by atoms with van der Waals surface area (Å²) < 4.78 is 22.9. The first-order valence-corrected chi connectivity index (χ1v) is 13.9. The number of nitriles is 1. The summed E-state index contributed by atoms with van der Waals surface area (Å²) in [7, 11) is 3.30. The van der Waals surface area contributed by atoms with Crippen molar-refractivity contribution >= 4 is 28.7 Å². The molecule has 4 rings (SSSR count). The summed E-state index contributed by atoms with van der Waals surface area (Å²) in [6.45, 7) is 7.54. The van der Waals surface area contributed by atoms with Crippen LogP contribution in [0.15, 0.2) is 53.1 Å². The number of esters is 1. The van der Waals surface area contributed by atoms with Crippen molar-refractivity contribution in [3.05, 3.63) is 65.6 Å². The Hall–Kier alpha value is -4.52. The van der Waals surface area contributed by atoms with E-state index in [0.29, 0.717) is 23.5 Å². The van der Waals surface area contributed by atoms with Crippen LogP contribution in [0.4, 0.5) is 4.79 Å². The van der Waals surface area contributed by atoms with Crippen molar-refractivity contribution in [2.45, 2.75) is 64.2 Å². The summed E-state index contributed by atoms with van der Waals surface area (Å²) in [5.41, 5.74) is 0.553. The molecule has 1 aliphatic rings. The second-order valence-electron chi connectivity index (χ2n) is 11.5. The standard InChI is InChI=1S/C32H37N3O7/c1-7-39-30(37)26(16-28-25-13-8-20(17-33)14-22(25)19-40-28)21-9-11-23(12-10-21)41-24-15-27(29(36)34(5)6)35(18-24)31(38)42-32(2,3)4/h8-14,19,24,26-27H,7,15-16,18H2,1-6H3/t24-,26?,27-/m0/s1. The van der Waals surface area contributed by atoms with E-state index in [0.717, 1.165) is 16.3 Å².